The Kier molecular flexibility index (Phi) is 3.22. The molecule has 0 saturated carbocycles. The lowest BCUT2D eigenvalue weighted by Crippen LogP contribution is -2.10. The van der Waals surface area contributed by atoms with Crippen molar-refractivity contribution in [1.82, 2.24) is 0 Å². The molecular formula is C12H14O4. The minimum atomic E-state index is -1.44. The van der Waals surface area contributed by atoms with Crippen molar-refractivity contribution in [2.24, 2.45) is 0 Å². The van der Waals surface area contributed by atoms with E-state index in [1.807, 2.05) is 12.1 Å². The Bertz CT molecular complexity index is 365. The van der Waals surface area contributed by atoms with Gasteiger partial charge in [-0.3, -0.25) is 0 Å². The standard InChI is InChI=1S/C12H14O4/c13-11(12(14)15)9-3-1-8(2-4-9)10-5-6-16-7-10/h1-4,10-11,13H,5-7H2,(H,14,15). The lowest BCUT2D eigenvalue weighted by molar-refractivity contribution is -0.146. The van der Waals surface area contributed by atoms with E-state index in [9.17, 15) is 9.90 Å². The van der Waals surface area contributed by atoms with Gasteiger partial charge in [-0.25, -0.2) is 4.79 Å². The molecule has 2 atom stereocenters. The molecule has 4 nitrogen and oxygen atoms in total. The molecule has 0 aromatic heterocycles. The number of aliphatic hydroxyl groups excluding tert-OH is 1. The maximum Gasteiger partial charge on any atom is 0.337 e. The van der Waals surface area contributed by atoms with E-state index >= 15 is 0 Å². The Labute approximate surface area is 93.5 Å². The average molecular weight is 222 g/mol. The molecule has 1 heterocycles. The van der Waals surface area contributed by atoms with Crippen LogP contribution in [0.2, 0.25) is 0 Å². The monoisotopic (exact) mass is 222 g/mol. The average Bonchev–Trinajstić information content (AvgIpc) is 2.81. The zero-order chi connectivity index (χ0) is 11.5. The van der Waals surface area contributed by atoms with Crippen LogP contribution in [0.4, 0.5) is 0 Å². The second-order valence-electron chi connectivity index (χ2n) is 3.97. The van der Waals surface area contributed by atoms with Crippen molar-refractivity contribution in [3.05, 3.63) is 35.4 Å². The molecule has 1 fully saturated rings. The number of aliphatic carboxylic acids is 1. The van der Waals surface area contributed by atoms with Crippen molar-refractivity contribution in [2.45, 2.75) is 18.4 Å². The molecule has 2 rings (SSSR count). The van der Waals surface area contributed by atoms with Crippen LogP contribution in [0.25, 0.3) is 0 Å². The normalized spacial score (nSPS) is 21.9. The quantitative estimate of drug-likeness (QED) is 0.809. The Hall–Kier alpha value is -1.39. The van der Waals surface area contributed by atoms with Gasteiger partial charge in [-0.2, -0.15) is 0 Å². The molecule has 2 unspecified atom stereocenters. The molecule has 1 aliphatic heterocycles. The van der Waals surface area contributed by atoms with E-state index in [-0.39, 0.29) is 0 Å². The summed E-state index contributed by atoms with van der Waals surface area (Å²) in [5, 5.41) is 18.0. The van der Waals surface area contributed by atoms with Crippen LogP contribution in [0, 0.1) is 0 Å². The molecule has 1 aromatic carbocycles. The highest BCUT2D eigenvalue weighted by molar-refractivity contribution is 5.73. The van der Waals surface area contributed by atoms with E-state index in [2.05, 4.69) is 0 Å². The van der Waals surface area contributed by atoms with Gasteiger partial charge in [0.1, 0.15) is 0 Å². The van der Waals surface area contributed by atoms with Crippen LogP contribution in [0.1, 0.15) is 29.6 Å². The molecule has 1 aliphatic rings. The summed E-state index contributed by atoms with van der Waals surface area (Å²) in [6.45, 7) is 1.50. The van der Waals surface area contributed by atoms with Crippen molar-refractivity contribution in [3.8, 4) is 0 Å². The van der Waals surface area contributed by atoms with Crippen molar-refractivity contribution in [2.75, 3.05) is 13.2 Å². The second-order valence-corrected chi connectivity index (χ2v) is 3.97. The van der Waals surface area contributed by atoms with Crippen LogP contribution in [0.5, 0.6) is 0 Å². The first-order valence-electron chi connectivity index (χ1n) is 5.27. The van der Waals surface area contributed by atoms with E-state index in [0.717, 1.165) is 25.2 Å². The first-order valence-corrected chi connectivity index (χ1v) is 5.27. The van der Waals surface area contributed by atoms with Gasteiger partial charge >= 0.3 is 5.97 Å². The van der Waals surface area contributed by atoms with E-state index in [1.165, 1.54) is 0 Å². The van der Waals surface area contributed by atoms with E-state index in [4.69, 9.17) is 9.84 Å². The first-order chi connectivity index (χ1) is 7.68. The van der Waals surface area contributed by atoms with Gasteiger partial charge in [0.15, 0.2) is 6.10 Å². The Morgan fingerprint density at radius 1 is 1.38 bits per heavy atom. The zero-order valence-corrected chi connectivity index (χ0v) is 8.80. The van der Waals surface area contributed by atoms with Crippen LogP contribution in [-0.4, -0.2) is 29.4 Å². The van der Waals surface area contributed by atoms with Crippen molar-refractivity contribution in [3.63, 3.8) is 0 Å². The maximum absolute atomic E-state index is 10.6. The van der Waals surface area contributed by atoms with Gasteiger partial charge in [0, 0.05) is 12.5 Å². The minimum absolute atomic E-state index is 0.399. The summed E-state index contributed by atoms with van der Waals surface area (Å²) in [5.74, 6) is -0.826. The third-order valence-electron chi connectivity index (χ3n) is 2.89. The van der Waals surface area contributed by atoms with Gasteiger partial charge in [0.05, 0.1) is 6.61 Å². The number of hydrogen-bond acceptors (Lipinski definition) is 3. The van der Waals surface area contributed by atoms with Gasteiger partial charge < -0.3 is 14.9 Å². The summed E-state index contributed by atoms with van der Waals surface area (Å²) in [4.78, 5) is 10.6. The third-order valence-corrected chi connectivity index (χ3v) is 2.89. The number of carbonyl (C=O) groups is 1. The second kappa shape index (κ2) is 4.63. The number of benzene rings is 1. The molecule has 16 heavy (non-hydrogen) atoms. The largest absolute Gasteiger partial charge is 0.479 e. The first kappa shape index (κ1) is 11.1. The van der Waals surface area contributed by atoms with Crippen LogP contribution >= 0.6 is 0 Å². The number of aliphatic hydroxyl groups is 1. The van der Waals surface area contributed by atoms with Crippen LogP contribution in [-0.2, 0) is 9.53 Å². The van der Waals surface area contributed by atoms with E-state index in [0.29, 0.717) is 11.5 Å². The van der Waals surface area contributed by atoms with Crippen LogP contribution < -0.4 is 0 Å². The smallest absolute Gasteiger partial charge is 0.337 e. The molecular weight excluding hydrogens is 208 g/mol. The summed E-state index contributed by atoms with van der Waals surface area (Å²) in [5.41, 5.74) is 1.55. The van der Waals surface area contributed by atoms with Gasteiger partial charge in [-0.15, -0.1) is 0 Å². The van der Waals surface area contributed by atoms with E-state index < -0.39 is 12.1 Å². The zero-order valence-electron chi connectivity index (χ0n) is 8.80. The van der Waals surface area contributed by atoms with Crippen LogP contribution in [0.15, 0.2) is 24.3 Å². The molecule has 86 valence electrons. The van der Waals surface area contributed by atoms with Crippen molar-refractivity contribution in [1.29, 1.82) is 0 Å². The summed E-state index contributed by atoms with van der Waals surface area (Å²) < 4.78 is 5.28. The number of ether oxygens (including phenoxy) is 1. The number of rotatable bonds is 3. The topological polar surface area (TPSA) is 66.8 Å². The Morgan fingerprint density at radius 3 is 2.56 bits per heavy atom. The summed E-state index contributed by atoms with van der Waals surface area (Å²) in [6.07, 6.45) is -0.435. The van der Waals surface area contributed by atoms with Gasteiger partial charge in [-0.1, -0.05) is 24.3 Å². The molecule has 0 radical (unpaired) electrons. The molecule has 0 amide bonds. The lowest BCUT2D eigenvalue weighted by atomic mass is 9.96. The highest BCUT2D eigenvalue weighted by Gasteiger charge is 2.19. The molecule has 4 heteroatoms. The van der Waals surface area contributed by atoms with E-state index in [1.54, 1.807) is 12.1 Å². The maximum atomic E-state index is 10.6. The summed E-state index contributed by atoms with van der Waals surface area (Å²) in [7, 11) is 0. The Morgan fingerprint density at radius 2 is 2.06 bits per heavy atom. The number of carboxylic acids is 1. The number of hydrogen-bond donors (Lipinski definition) is 2. The molecule has 0 spiro atoms. The molecule has 1 aromatic rings. The predicted octanol–water partition coefficient (Wildman–Crippen LogP) is 1.31. The fraction of sp³-hybridized carbons (Fsp3) is 0.417. The predicted molar refractivity (Wildman–Crippen MR) is 57.2 cm³/mol. The highest BCUT2D eigenvalue weighted by Crippen LogP contribution is 2.26. The van der Waals surface area contributed by atoms with Crippen molar-refractivity contribution < 1.29 is 19.7 Å². The summed E-state index contributed by atoms with van der Waals surface area (Å²) in [6, 6.07) is 7.04. The fourth-order valence-corrected chi connectivity index (χ4v) is 1.89. The van der Waals surface area contributed by atoms with Gasteiger partial charge in [0.2, 0.25) is 0 Å². The SMILES string of the molecule is O=C(O)C(O)c1ccc(C2CCOC2)cc1. The lowest BCUT2D eigenvalue weighted by Gasteiger charge is -2.10. The van der Waals surface area contributed by atoms with Gasteiger partial charge in [-0.05, 0) is 17.5 Å². The fourth-order valence-electron chi connectivity index (χ4n) is 1.89. The summed E-state index contributed by atoms with van der Waals surface area (Å²) >= 11 is 0. The Balaban J connectivity index is 2.12. The minimum Gasteiger partial charge on any atom is -0.479 e. The third kappa shape index (κ3) is 2.23. The number of carboxylic acid groups (broad SMARTS) is 1. The van der Waals surface area contributed by atoms with Crippen LogP contribution in [0.3, 0.4) is 0 Å². The highest BCUT2D eigenvalue weighted by atomic mass is 16.5. The molecule has 1 saturated heterocycles. The van der Waals surface area contributed by atoms with Gasteiger partial charge in [0.25, 0.3) is 0 Å². The molecule has 0 bridgehead atoms. The molecule has 2 N–H and O–H groups in total. The molecule has 0 aliphatic carbocycles. The van der Waals surface area contributed by atoms with Crippen molar-refractivity contribution >= 4 is 5.97 Å².